The molecule has 0 spiro atoms. The van der Waals surface area contributed by atoms with E-state index in [0.717, 1.165) is 12.1 Å². The second kappa shape index (κ2) is 10.9. The van der Waals surface area contributed by atoms with Gasteiger partial charge in [-0.05, 0) is 18.1 Å². The van der Waals surface area contributed by atoms with E-state index in [1.54, 1.807) is 24.1 Å². The van der Waals surface area contributed by atoms with Gasteiger partial charge in [0.15, 0.2) is 0 Å². The van der Waals surface area contributed by atoms with Crippen LogP contribution in [0.3, 0.4) is 0 Å². The van der Waals surface area contributed by atoms with Gasteiger partial charge in [-0.15, -0.1) is 0 Å². The molecule has 0 heterocycles. The van der Waals surface area contributed by atoms with Crippen molar-refractivity contribution >= 4 is 17.9 Å². The van der Waals surface area contributed by atoms with Crippen LogP contribution in [0.2, 0.25) is 0 Å². The Labute approximate surface area is 136 Å². The zero-order valence-electron chi connectivity index (χ0n) is 13.0. The molecule has 0 saturated carbocycles. The van der Waals surface area contributed by atoms with Crippen LogP contribution in [-0.4, -0.2) is 17.6 Å². The molecule has 2 N–H and O–H groups in total. The first-order valence-corrected chi connectivity index (χ1v) is 8.20. The van der Waals surface area contributed by atoms with Crippen LogP contribution < -0.4 is 4.72 Å². The Morgan fingerprint density at radius 3 is 2.14 bits per heavy atom. The average molecular weight is 317 g/mol. The summed E-state index contributed by atoms with van der Waals surface area (Å²) in [6.07, 6.45) is 0.112. The topological polar surface area (TPSA) is 49.3 Å². The van der Waals surface area contributed by atoms with Crippen LogP contribution >= 0.6 is 11.9 Å². The number of carbonyl (C=O) groups is 1. The number of nitrogens with one attached hydrogen (secondary N) is 1. The molecule has 118 valence electrons. The maximum absolute atomic E-state index is 10.2. The Morgan fingerprint density at radius 1 is 1.09 bits per heavy atom. The third kappa shape index (κ3) is 7.86. The molecule has 3 nitrogen and oxygen atoms in total. The van der Waals surface area contributed by atoms with E-state index in [1.807, 2.05) is 24.3 Å². The highest BCUT2D eigenvalue weighted by Crippen LogP contribution is 2.24. The molecule has 0 aliphatic heterocycles. The summed E-state index contributed by atoms with van der Waals surface area (Å²) in [5.74, 6) is -0.786. The molecule has 2 aromatic rings. The summed E-state index contributed by atoms with van der Waals surface area (Å²) in [6, 6.07) is 19.7. The quantitative estimate of drug-likeness (QED) is 0.779. The number of rotatable bonds is 6. The second-order valence-electron chi connectivity index (χ2n) is 4.72. The number of benzene rings is 2. The van der Waals surface area contributed by atoms with Gasteiger partial charge in [-0.25, -0.2) is 0 Å². The van der Waals surface area contributed by atoms with Crippen LogP contribution in [0.25, 0.3) is 0 Å². The van der Waals surface area contributed by atoms with E-state index < -0.39 is 5.97 Å². The molecule has 0 bridgehead atoms. The molecule has 2 aromatic carbocycles. The van der Waals surface area contributed by atoms with Gasteiger partial charge in [0.05, 0.1) is 6.42 Å². The van der Waals surface area contributed by atoms with Gasteiger partial charge >= 0.3 is 5.97 Å². The second-order valence-corrected chi connectivity index (χ2v) is 5.96. The van der Waals surface area contributed by atoms with Gasteiger partial charge in [-0.2, -0.15) is 0 Å². The Bertz CT molecular complexity index is 531. The summed E-state index contributed by atoms with van der Waals surface area (Å²) >= 11 is 1.78. The first-order valence-electron chi connectivity index (χ1n) is 7.32. The Kier molecular flexibility index (Phi) is 9.03. The summed E-state index contributed by atoms with van der Waals surface area (Å²) in [4.78, 5) is 10.2. The standard InChI is InChI=1S/C10H15NS.C8H8O2/c1-3-11-12-9(2)10-7-5-4-6-8-10;9-8(10)6-7-4-2-1-3-5-7/h4-9,11H,3H2,1-2H3;1-5H,6H2,(H,9,10). The number of hydrogen-bond acceptors (Lipinski definition) is 3. The van der Waals surface area contributed by atoms with Crippen LogP contribution in [0.15, 0.2) is 60.7 Å². The molecule has 0 aliphatic rings. The SMILES string of the molecule is CCNSC(C)c1ccccc1.O=C(O)Cc1ccccc1. The summed E-state index contributed by atoms with van der Waals surface area (Å²) in [5, 5.41) is 8.90. The van der Waals surface area contributed by atoms with Gasteiger partial charge in [0.1, 0.15) is 0 Å². The smallest absolute Gasteiger partial charge is 0.307 e. The first kappa shape index (κ1) is 18.3. The molecule has 0 amide bonds. The predicted molar refractivity (Wildman–Crippen MR) is 93.9 cm³/mol. The summed E-state index contributed by atoms with van der Waals surface area (Å²) in [5.41, 5.74) is 2.22. The highest BCUT2D eigenvalue weighted by molar-refractivity contribution is 7.97. The Hall–Kier alpha value is -1.78. The lowest BCUT2D eigenvalue weighted by Crippen LogP contribution is -2.03. The van der Waals surface area contributed by atoms with Crippen molar-refractivity contribution in [2.45, 2.75) is 25.5 Å². The average Bonchev–Trinajstić information content (AvgIpc) is 2.54. The minimum Gasteiger partial charge on any atom is -0.481 e. The van der Waals surface area contributed by atoms with Crippen molar-refractivity contribution in [3.05, 3.63) is 71.8 Å². The molecule has 1 atom stereocenters. The van der Waals surface area contributed by atoms with Crippen LogP contribution in [0.4, 0.5) is 0 Å². The van der Waals surface area contributed by atoms with E-state index in [4.69, 9.17) is 5.11 Å². The molecule has 0 fully saturated rings. The van der Waals surface area contributed by atoms with Crippen molar-refractivity contribution in [3.8, 4) is 0 Å². The predicted octanol–water partition coefficient (Wildman–Crippen LogP) is 4.32. The molecule has 0 aromatic heterocycles. The van der Waals surface area contributed by atoms with Gasteiger partial charge in [-0.1, -0.05) is 79.5 Å². The summed E-state index contributed by atoms with van der Waals surface area (Å²) < 4.78 is 3.26. The fraction of sp³-hybridized carbons (Fsp3) is 0.278. The number of hydrogen-bond donors (Lipinski definition) is 2. The van der Waals surface area contributed by atoms with Crippen molar-refractivity contribution < 1.29 is 9.90 Å². The third-order valence-corrected chi connectivity index (χ3v) is 3.95. The van der Waals surface area contributed by atoms with Gasteiger partial charge in [0.25, 0.3) is 0 Å². The molecule has 1 unspecified atom stereocenters. The maximum Gasteiger partial charge on any atom is 0.307 e. The Balaban J connectivity index is 0.000000224. The largest absolute Gasteiger partial charge is 0.481 e. The number of carboxylic acid groups (broad SMARTS) is 1. The van der Waals surface area contributed by atoms with E-state index in [1.165, 1.54) is 5.56 Å². The number of aliphatic carboxylic acids is 1. The molecule has 4 heteroatoms. The zero-order valence-corrected chi connectivity index (χ0v) is 13.8. The lowest BCUT2D eigenvalue weighted by molar-refractivity contribution is -0.136. The van der Waals surface area contributed by atoms with Crippen LogP contribution in [0, 0.1) is 0 Å². The van der Waals surface area contributed by atoms with E-state index >= 15 is 0 Å². The van der Waals surface area contributed by atoms with Gasteiger partial charge in [-0.3, -0.25) is 9.52 Å². The molecular formula is C18H23NO2S. The fourth-order valence-electron chi connectivity index (χ4n) is 1.77. The van der Waals surface area contributed by atoms with Crippen molar-refractivity contribution in [2.24, 2.45) is 0 Å². The normalized spacial score (nSPS) is 11.2. The lowest BCUT2D eigenvalue weighted by atomic mass is 10.2. The molecule has 0 aliphatic carbocycles. The molecule has 0 saturated heterocycles. The summed E-state index contributed by atoms with van der Waals surface area (Å²) in [7, 11) is 0. The van der Waals surface area contributed by atoms with E-state index in [2.05, 4.69) is 42.8 Å². The van der Waals surface area contributed by atoms with E-state index in [-0.39, 0.29) is 6.42 Å². The minimum atomic E-state index is -0.786. The van der Waals surface area contributed by atoms with Gasteiger partial charge < -0.3 is 5.11 Å². The zero-order chi connectivity index (χ0) is 16.2. The molecular weight excluding hydrogens is 294 g/mol. The van der Waals surface area contributed by atoms with Crippen molar-refractivity contribution in [3.63, 3.8) is 0 Å². The highest BCUT2D eigenvalue weighted by Gasteiger charge is 2.02. The van der Waals surface area contributed by atoms with E-state index in [9.17, 15) is 4.79 Å². The highest BCUT2D eigenvalue weighted by atomic mass is 32.2. The molecule has 22 heavy (non-hydrogen) atoms. The van der Waals surface area contributed by atoms with Crippen molar-refractivity contribution in [1.29, 1.82) is 0 Å². The van der Waals surface area contributed by atoms with Crippen LogP contribution in [0.5, 0.6) is 0 Å². The minimum absolute atomic E-state index is 0.112. The first-order chi connectivity index (χ1) is 10.6. The lowest BCUT2D eigenvalue weighted by Gasteiger charge is -2.10. The van der Waals surface area contributed by atoms with Gasteiger partial charge in [0, 0.05) is 11.8 Å². The van der Waals surface area contributed by atoms with E-state index in [0.29, 0.717) is 5.25 Å². The third-order valence-electron chi connectivity index (χ3n) is 2.87. The van der Waals surface area contributed by atoms with Crippen molar-refractivity contribution in [1.82, 2.24) is 4.72 Å². The maximum atomic E-state index is 10.2. The Morgan fingerprint density at radius 2 is 1.64 bits per heavy atom. The summed E-state index contributed by atoms with van der Waals surface area (Å²) in [6.45, 7) is 5.34. The molecule has 2 rings (SSSR count). The van der Waals surface area contributed by atoms with Gasteiger partial charge in [0.2, 0.25) is 0 Å². The van der Waals surface area contributed by atoms with Crippen LogP contribution in [0.1, 0.15) is 30.2 Å². The monoisotopic (exact) mass is 317 g/mol. The fourth-order valence-corrected chi connectivity index (χ4v) is 2.48. The van der Waals surface area contributed by atoms with Crippen LogP contribution in [-0.2, 0) is 11.2 Å². The molecule has 0 radical (unpaired) electrons. The number of carboxylic acids is 1. The van der Waals surface area contributed by atoms with Crippen molar-refractivity contribution in [2.75, 3.05) is 6.54 Å².